The van der Waals surface area contributed by atoms with E-state index in [4.69, 9.17) is 4.52 Å². The average Bonchev–Trinajstić information content (AvgIpc) is 2.95. The zero-order valence-electron chi connectivity index (χ0n) is 10.9. The van der Waals surface area contributed by atoms with Gasteiger partial charge in [0.1, 0.15) is 17.5 Å². The fourth-order valence-corrected chi connectivity index (χ4v) is 2.73. The summed E-state index contributed by atoms with van der Waals surface area (Å²) >= 11 is 0. The Hall–Kier alpha value is -1.85. The molecule has 1 atom stereocenters. The first-order valence-corrected chi connectivity index (χ1v) is 6.79. The molecule has 0 unspecified atom stereocenters. The van der Waals surface area contributed by atoms with E-state index in [1.807, 2.05) is 6.92 Å². The molecule has 6 nitrogen and oxygen atoms in total. The lowest BCUT2D eigenvalue weighted by Gasteiger charge is -2.13. The summed E-state index contributed by atoms with van der Waals surface area (Å²) in [4.78, 5) is 25.0. The van der Waals surface area contributed by atoms with Gasteiger partial charge >= 0.3 is 6.03 Å². The van der Waals surface area contributed by atoms with Crippen LogP contribution in [0.5, 0.6) is 0 Å². The molecule has 3 rings (SSSR count). The molecule has 19 heavy (non-hydrogen) atoms. The summed E-state index contributed by atoms with van der Waals surface area (Å²) in [6.07, 6.45) is 4.66. The number of amides is 3. The van der Waals surface area contributed by atoms with E-state index in [1.165, 1.54) is 4.90 Å². The number of hydrogen-bond donors (Lipinski definition) is 1. The Bertz CT molecular complexity index is 523. The summed E-state index contributed by atoms with van der Waals surface area (Å²) < 4.78 is 5.30. The molecule has 0 radical (unpaired) electrons. The summed E-state index contributed by atoms with van der Waals surface area (Å²) in [6.45, 7) is 2.10. The van der Waals surface area contributed by atoms with E-state index in [2.05, 4.69) is 10.5 Å². The lowest BCUT2D eigenvalue weighted by molar-refractivity contribution is -0.127. The van der Waals surface area contributed by atoms with Gasteiger partial charge in [-0.2, -0.15) is 0 Å². The first-order valence-electron chi connectivity index (χ1n) is 6.79. The second-order valence-electron chi connectivity index (χ2n) is 5.07. The molecule has 0 aromatic carbocycles. The molecule has 2 heterocycles. The first-order chi connectivity index (χ1) is 9.20. The van der Waals surface area contributed by atoms with Gasteiger partial charge in [0.05, 0.1) is 6.54 Å². The van der Waals surface area contributed by atoms with Crippen LogP contribution in [0.15, 0.2) is 4.52 Å². The lowest BCUT2D eigenvalue weighted by atomic mass is 9.96. The van der Waals surface area contributed by atoms with Crippen molar-refractivity contribution in [3.8, 4) is 0 Å². The highest BCUT2D eigenvalue weighted by atomic mass is 16.5. The molecule has 1 aromatic rings. The van der Waals surface area contributed by atoms with E-state index < -0.39 is 6.04 Å². The predicted octanol–water partition coefficient (Wildman–Crippen LogP) is 1.38. The quantitative estimate of drug-likeness (QED) is 0.836. The number of carbonyl (C=O) groups is 2. The van der Waals surface area contributed by atoms with Crippen molar-refractivity contribution in [1.82, 2.24) is 15.4 Å². The lowest BCUT2D eigenvalue weighted by Crippen LogP contribution is -2.31. The molecule has 1 aromatic heterocycles. The van der Waals surface area contributed by atoms with Gasteiger partial charge in [0, 0.05) is 12.0 Å². The van der Waals surface area contributed by atoms with Gasteiger partial charge in [0.25, 0.3) is 5.91 Å². The van der Waals surface area contributed by atoms with Crippen LogP contribution < -0.4 is 5.32 Å². The number of hydrogen-bond acceptors (Lipinski definition) is 4. The standard InChI is InChI=1S/C13H17N3O3/c1-2-9-12(17)16(13(18)14-9)7-10-8-5-3-4-6-11(8)19-15-10/h9H,2-7H2,1H3,(H,14,18)/t9-/m0/s1. The first kappa shape index (κ1) is 12.2. The van der Waals surface area contributed by atoms with Gasteiger partial charge in [-0.25, -0.2) is 4.79 Å². The molecule has 1 aliphatic heterocycles. The minimum atomic E-state index is -0.393. The van der Waals surface area contributed by atoms with E-state index in [1.54, 1.807) is 0 Å². The van der Waals surface area contributed by atoms with E-state index in [0.717, 1.165) is 42.7 Å². The number of nitrogens with zero attached hydrogens (tertiary/aromatic N) is 2. The van der Waals surface area contributed by atoms with Crippen molar-refractivity contribution in [2.24, 2.45) is 0 Å². The van der Waals surface area contributed by atoms with Gasteiger partial charge < -0.3 is 9.84 Å². The number of imide groups is 1. The van der Waals surface area contributed by atoms with Gasteiger partial charge in [-0.15, -0.1) is 0 Å². The maximum absolute atomic E-state index is 12.0. The second-order valence-corrected chi connectivity index (χ2v) is 5.07. The smallest absolute Gasteiger partial charge is 0.325 e. The van der Waals surface area contributed by atoms with Crippen LogP contribution in [0.4, 0.5) is 4.79 Å². The number of urea groups is 1. The molecular weight excluding hydrogens is 246 g/mol. The molecule has 0 spiro atoms. The Kier molecular flexibility index (Phi) is 3.00. The Morgan fingerprint density at radius 2 is 2.16 bits per heavy atom. The molecule has 1 saturated heterocycles. The van der Waals surface area contributed by atoms with Gasteiger partial charge in [0.2, 0.25) is 0 Å². The van der Waals surface area contributed by atoms with Gasteiger partial charge in [-0.05, 0) is 25.7 Å². The molecule has 6 heteroatoms. The summed E-state index contributed by atoms with van der Waals surface area (Å²) in [5.41, 5.74) is 1.82. The van der Waals surface area contributed by atoms with Crippen LogP contribution in [0, 0.1) is 0 Å². The maximum atomic E-state index is 12.0. The molecule has 1 aliphatic carbocycles. The molecule has 1 fully saturated rings. The number of rotatable bonds is 3. The fourth-order valence-electron chi connectivity index (χ4n) is 2.73. The third-order valence-electron chi connectivity index (χ3n) is 3.85. The highest BCUT2D eigenvalue weighted by molar-refractivity contribution is 6.04. The molecule has 0 saturated carbocycles. The molecule has 3 amide bonds. The van der Waals surface area contributed by atoms with Crippen LogP contribution in [-0.2, 0) is 24.2 Å². The third kappa shape index (κ3) is 2.01. The zero-order chi connectivity index (χ0) is 13.4. The maximum Gasteiger partial charge on any atom is 0.325 e. The van der Waals surface area contributed by atoms with Crippen molar-refractivity contribution in [2.45, 2.75) is 51.6 Å². The number of nitrogens with one attached hydrogen (secondary N) is 1. The Labute approximate surface area is 111 Å². The van der Waals surface area contributed by atoms with Crippen LogP contribution in [-0.4, -0.2) is 28.0 Å². The second kappa shape index (κ2) is 4.68. The van der Waals surface area contributed by atoms with Crippen molar-refractivity contribution in [3.63, 3.8) is 0 Å². The van der Waals surface area contributed by atoms with Gasteiger partial charge in [0.15, 0.2) is 0 Å². The number of aryl methyl sites for hydroxylation is 1. The normalized spacial score (nSPS) is 22.6. The zero-order valence-corrected chi connectivity index (χ0v) is 10.9. The van der Waals surface area contributed by atoms with Crippen LogP contribution in [0.1, 0.15) is 43.2 Å². The Balaban J connectivity index is 1.80. The minimum absolute atomic E-state index is 0.167. The van der Waals surface area contributed by atoms with Crippen LogP contribution in [0.3, 0.4) is 0 Å². The molecule has 2 aliphatic rings. The van der Waals surface area contributed by atoms with Crippen molar-refractivity contribution in [3.05, 3.63) is 17.0 Å². The van der Waals surface area contributed by atoms with Crippen LogP contribution in [0.2, 0.25) is 0 Å². The monoisotopic (exact) mass is 263 g/mol. The highest BCUT2D eigenvalue weighted by Gasteiger charge is 2.37. The summed E-state index contributed by atoms with van der Waals surface area (Å²) in [6, 6.07) is -0.723. The van der Waals surface area contributed by atoms with Crippen molar-refractivity contribution >= 4 is 11.9 Å². The highest BCUT2D eigenvalue weighted by Crippen LogP contribution is 2.25. The third-order valence-corrected chi connectivity index (χ3v) is 3.85. The minimum Gasteiger partial charge on any atom is -0.361 e. The fraction of sp³-hybridized carbons (Fsp3) is 0.615. The molecule has 1 N–H and O–H groups in total. The topological polar surface area (TPSA) is 75.4 Å². The van der Waals surface area contributed by atoms with E-state index in [0.29, 0.717) is 6.42 Å². The van der Waals surface area contributed by atoms with Crippen molar-refractivity contribution in [2.75, 3.05) is 0 Å². The summed E-state index contributed by atoms with van der Waals surface area (Å²) in [5.74, 6) is 0.750. The Morgan fingerprint density at radius 3 is 2.89 bits per heavy atom. The molecule has 0 bridgehead atoms. The average molecular weight is 263 g/mol. The van der Waals surface area contributed by atoms with Crippen molar-refractivity contribution in [1.29, 1.82) is 0 Å². The number of fused-ring (bicyclic) bond motifs is 1. The summed E-state index contributed by atoms with van der Waals surface area (Å²) in [7, 11) is 0. The predicted molar refractivity (Wildman–Crippen MR) is 66.3 cm³/mol. The largest absolute Gasteiger partial charge is 0.361 e. The number of aromatic nitrogens is 1. The van der Waals surface area contributed by atoms with Crippen LogP contribution in [0.25, 0.3) is 0 Å². The van der Waals surface area contributed by atoms with E-state index >= 15 is 0 Å². The van der Waals surface area contributed by atoms with Gasteiger partial charge in [-0.1, -0.05) is 12.1 Å². The van der Waals surface area contributed by atoms with Crippen LogP contribution >= 0.6 is 0 Å². The number of carbonyl (C=O) groups excluding carboxylic acids is 2. The van der Waals surface area contributed by atoms with Crippen molar-refractivity contribution < 1.29 is 14.1 Å². The Morgan fingerprint density at radius 1 is 1.37 bits per heavy atom. The van der Waals surface area contributed by atoms with E-state index in [9.17, 15) is 9.59 Å². The van der Waals surface area contributed by atoms with Gasteiger partial charge in [-0.3, -0.25) is 9.69 Å². The van der Waals surface area contributed by atoms with E-state index in [-0.39, 0.29) is 18.5 Å². The molecule has 102 valence electrons. The SMILES string of the molecule is CC[C@@H]1NC(=O)N(Cc2noc3c2CCCC3)C1=O. The molecular formula is C13H17N3O3. The summed E-state index contributed by atoms with van der Waals surface area (Å²) in [5, 5.41) is 6.71.